The molecule has 0 saturated heterocycles. The van der Waals surface area contributed by atoms with Gasteiger partial charge in [-0.25, -0.2) is 4.98 Å². The van der Waals surface area contributed by atoms with Crippen LogP contribution in [-0.4, -0.2) is 27.7 Å². The predicted molar refractivity (Wildman–Crippen MR) is 69.3 cm³/mol. The fourth-order valence-corrected chi connectivity index (χ4v) is 2.51. The number of hydrogen-bond acceptors (Lipinski definition) is 5. The molecule has 0 aliphatic rings. The Balaban J connectivity index is 2.25. The number of ketones is 1. The fraction of sp³-hybridized carbons (Fsp3) is 0.417. The number of aromatic nitrogens is 3. The molecule has 0 spiro atoms. The maximum atomic E-state index is 12.3. The average molecular weight is 265 g/mol. The molecule has 0 aliphatic heterocycles. The number of carbonyl (C=O) groups excluding carboxylic acids is 1. The Morgan fingerprint density at radius 2 is 2.33 bits per heavy atom. The molecule has 5 nitrogen and oxygen atoms in total. The van der Waals surface area contributed by atoms with Gasteiger partial charge in [0.25, 0.3) is 0 Å². The molecule has 2 aromatic rings. The van der Waals surface area contributed by atoms with Crippen LogP contribution in [0.1, 0.15) is 28.1 Å². The molecule has 6 heteroatoms. The minimum atomic E-state index is -0.0134. The number of aryl methyl sites for hydroxylation is 2. The Kier molecular flexibility index (Phi) is 3.76. The smallest absolute Gasteiger partial charge is 0.191 e. The standard InChI is InChI=1S/C12H15N3O2S/c1-4-15-12(10(17-3)6-13-15)9(16)5-11-14-8(2)7-18-11/h6-7H,4-5H2,1-3H3. The summed E-state index contributed by atoms with van der Waals surface area (Å²) in [6.45, 7) is 4.50. The van der Waals surface area contributed by atoms with Crippen LogP contribution in [0.3, 0.4) is 0 Å². The van der Waals surface area contributed by atoms with Gasteiger partial charge in [0.05, 0.1) is 19.7 Å². The number of hydrogen-bond donors (Lipinski definition) is 0. The van der Waals surface area contributed by atoms with E-state index >= 15 is 0 Å². The summed E-state index contributed by atoms with van der Waals surface area (Å²) in [4.78, 5) is 16.6. The lowest BCUT2D eigenvalue weighted by molar-refractivity contribution is 0.0979. The maximum absolute atomic E-state index is 12.3. The lowest BCUT2D eigenvalue weighted by atomic mass is 10.2. The first-order valence-electron chi connectivity index (χ1n) is 5.69. The van der Waals surface area contributed by atoms with Gasteiger partial charge in [0.1, 0.15) is 10.7 Å². The first kappa shape index (κ1) is 12.8. The van der Waals surface area contributed by atoms with Crippen molar-refractivity contribution in [2.75, 3.05) is 7.11 Å². The van der Waals surface area contributed by atoms with Crippen LogP contribution in [-0.2, 0) is 13.0 Å². The third kappa shape index (κ3) is 2.43. The summed E-state index contributed by atoms with van der Waals surface area (Å²) in [7, 11) is 1.54. The van der Waals surface area contributed by atoms with Crippen molar-refractivity contribution in [3.63, 3.8) is 0 Å². The lowest BCUT2D eigenvalue weighted by Crippen LogP contribution is -2.12. The van der Waals surface area contributed by atoms with E-state index in [9.17, 15) is 4.79 Å². The number of nitrogens with zero attached hydrogens (tertiary/aromatic N) is 3. The van der Waals surface area contributed by atoms with Gasteiger partial charge in [-0.2, -0.15) is 5.10 Å². The van der Waals surface area contributed by atoms with Gasteiger partial charge in [0.15, 0.2) is 11.5 Å². The second kappa shape index (κ2) is 5.30. The van der Waals surface area contributed by atoms with Gasteiger partial charge in [-0.3, -0.25) is 9.48 Å². The Morgan fingerprint density at radius 1 is 1.56 bits per heavy atom. The van der Waals surface area contributed by atoms with Crippen molar-refractivity contribution < 1.29 is 9.53 Å². The van der Waals surface area contributed by atoms with Crippen molar-refractivity contribution in [3.8, 4) is 5.75 Å². The molecule has 18 heavy (non-hydrogen) atoms. The zero-order valence-electron chi connectivity index (χ0n) is 10.6. The van der Waals surface area contributed by atoms with E-state index in [1.54, 1.807) is 18.0 Å². The molecule has 0 N–H and O–H groups in total. The molecule has 2 aromatic heterocycles. The van der Waals surface area contributed by atoms with Crippen LogP contribution in [0.15, 0.2) is 11.6 Å². The van der Waals surface area contributed by atoms with Crippen LogP contribution in [0.5, 0.6) is 5.75 Å². The number of methoxy groups -OCH3 is 1. The van der Waals surface area contributed by atoms with E-state index in [0.29, 0.717) is 24.4 Å². The van der Waals surface area contributed by atoms with E-state index in [1.165, 1.54) is 11.3 Å². The number of rotatable bonds is 5. The zero-order chi connectivity index (χ0) is 13.1. The monoisotopic (exact) mass is 265 g/mol. The van der Waals surface area contributed by atoms with Gasteiger partial charge >= 0.3 is 0 Å². The van der Waals surface area contributed by atoms with Gasteiger partial charge < -0.3 is 4.74 Å². The van der Waals surface area contributed by atoms with Gasteiger partial charge in [0.2, 0.25) is 0 Å². The Labute approximate surface area is 109 Å². The number of carbonyl (C=O) groups is 1. The minimum Gasteiger partial charge on any atom is -0.493 e. The third-order valence-corrected chi connectivity index (χ3v) is 3.53. The van der Waals surface area contributed by atoms with Crippen molar-refractivity contribution in [3.05, 3.63) is 28.0 Å². The molecule has 2 heterocycles. The lowest BCUT2D eigenvalue weighted by Gasteiger charge is -2.05. The molecule has 0 fully saturated rings. The quantitative estimate of drug-likeness (QED) is 0.777. The molecular formula is C12H15N3O2S. The highest BCUT2D eigenvalue weighted by atomic mass is 32.1. The summed E-state index contributed by atoms with van der Waals surface area (Å²) < 4.78 is 6.83. The molecule has 0 unspecified atom stereocenters. The highest BCUT2D eigenvalue weighted by Gasteiger charge is 2.19. The Morgan fingerprint density at radius 3 is 2.89 bits per heavy atom. The predicted octanol–water partition coefficient (Wildman–Crippen LogP) is 2.10. The maximum Gasteiger partial charge on any atom is 0.191 e. The van der Waals surface area contributed by atoms with E-state index in [4.69, 9.17) is 4.74 Å². The normalized spacial score (nSPS) is 10.6. The topological polar surface area (TPSA) is 57.0 Å². The van der Waals surface area contributed by atoms with Crippen LogP contribution in [0.4, 0.5) is 0 Å². The molecule has 0 amide bonds. The molecule has 0 bridgehead atoms. The SMILES string of the molecule is CCn1ncc(OC)c1C(=O)Cc1nc(C)cs1. The minimum absolute atomic E-state index is 0.0134. The number of ether oxygens (including phenoxy) is 1. The van der Waals surface area contributed by atoms with Gasteiger partial charge in [0, 0.05) is 17.6 Å². The first-order valence-corrected chi connectivity index (χ1v) is 6.57. The van der Waals surface area contributed by atoms with E-state index in [-0.39, 0.29) is 5.78 Å². The van der Waals surface area contributed by atoms with Crippen LogP contribution < -0.4 is 4.74 Å². The second-order valence-corrected chi connectivity index (χ2v) is 4.80. The molecule has 0 radical (unpaired) electrons. The number of thiazole rings is 1. The first-order chi connectivity index (χ1) is 8.65. The van der Waals surface area contributed by atoms with E-state index in [1.807, 2.05) is 19.2 Å². The van der Waals surface area contributed by atoms with Crippen LogP contribution >= 0.6 is 11.3 Å². The van der Waals surface area contributed by atoms with Crippen molar-refractivity contribution in [2.24, 2.45) is 0 Å². The summed E-state index contributed by atoms with van der Waals surface area (Å²) >= 11 is 1.50. The van der Waals surface area contributed by atoms with Crippen LogP contribution in [0, 0.1) is 6.92 Å². The molecule has 0 aromatic carbocycles. The Hall–Kier alpha value is -1.69. The van der Waals surface area contributed by atoms with Gasteiger partial charge in [-0.1, -0.05) is 0 Å². The molecule has 96 valence electrons. The summed E-state index contributed by atoms with van der Waals surface area (Å²) in [5, 5.41) is 6.89. The van der Waals surface area contributed by atoms with Gasteiger partial charge in [-0.15, -0.1) is 11.3 Å². The van der Waals surface area contributed by atoms with Gasteiger partial charge in [-0.05, 0) is 13.8 Å². The Bertz CT molecular complexity index is 538. The summed E-state index contributed by atoms with van der Waals surface area (Å²) in [6, 6.07) is 0. The summed E-state index contributed by atoms with van der Waals surface area (Å²) in [5.41, 5.74) is 1.46. The second-order valence-electron chi connectivity index (χ2n) is 3.86. The molecule has 0 aliphatic carbocycles. The van der Waals surface area contributed by atoms with Crippen LogP contribution in [0.2, 0.25) is 0 Å². The highest BCUT2D eigenvalue weighted by molar-refractivity contribution is 7.09. The molecule has 0 saturated carbocycles. The molecule has 2 rings (SSSR count). The van der Waals surface area contributed by atoms with E-state index in [0.717, 1.165) is 10.7 Å². The van der Waals surface area contributed by atoms with E-state index in [2.05, 4.69) is 10.1 Å². The van der Waals surface area contributed by atoms with Crippen molar-refractivity contribution in [2.45, 2.75) is 26.8 Å². The summed E-state index contributed by atoms with van der Waals surface area (Å²) in [5.74, 6) is 0.510. The van der Waals surface area contributed by atoms with Crippen LogP contribution in [0.25, 0.3) is 0 Å². The third-order valence-electron chi connectivity index (χ3n) is 2.57. The largest absolute Gasteiger partial charge is 0.493 e. The number of Topliss-reactive ketones (excluding diaryl/α,β-unsaturated/α-hetero) is 1. The van der Waals surface area contributed by atoms with Crippen molar-refractivity contribution in [1.82, 2.24) is 14.8 Å². The zero-order valence-corrected chi connectivity index (χ0v) is 11.5. The van der Waals surface area contributed by atoms with Crippen molar-refractivity contribution >= 4 is 17.1 Å². The fourth-order valence-electron chi connectivity index (χ4n) is 1.74. The highest BCUT2D eigenvalue weighted by Crippen LogP contribution is 2.20. The average Bonchev–Trinajstić information content (AvgIpc) is 2.94. The molecular weight excluding hydrogens is 250 g/mol. The summed E-state index contributed by atoms with van der Waals surface area (Å²) in [6.07, 6.45) is 1.87. The van der Waals surface area contributed by atoms with Crippen molar-refractivity contribution in [1.29, 1.82) is 0 Å². The van der Waals surface area contributed by atoms with E-state index < -0.39 is 0 Å². The molecule has 0 atom stereocenters.